The van der Waals surface area contributed by atoms with E-state index >= 15 is 0 Å². The summed E-state index contributed by atoms with van der Waals surface area (Å²) in [6.45, 7) is 1.49. The molecule has 0 spiro atoms. The molecule has 5 rings (SSSR count). The first-order valence-electron chi connectivity index (χ1n) is 22.0. The Kier molecular flexibility index (Phi) is 18.0. The number of ether oxygens (including phenoxy) is 2. The van der Waals surface area contributed by atoms with Crippen LogP contribution in [0.4, 0.5) is 0 Å². The number of rotatable bonds is 14. The summed E-state index contributed by atoms with van der Waals surface area (Å²) < 4.78 is 10.5. The van der Waals surface area contributed by atoms with Crippen LogP contribution >= 0.6 is 0 Å². The molecule has 1 aliphatic carbocycles. The van der Waals surface area contributed by atoms with E-state index in [1.54, 1.807) is 0 Å². The molecule has 0 aromatic heterocycles. The molecular weight excluding hydrogens is 841 g/mol. The van der Waals surface area contributed by atoms with Crippen molar-refractivity contribution < 1.29 is 53.2 Å². The van der Waals surface area contributed by atoms with Gasteiger partial charge in [-0.3, -0.25) is 38.8 Å². The number of esters is 1. The van der Waals surface area contributed by atoms with Crippen molar-refractivity contribution in [3.05, 3.63) is 71.8 Å². The molecule has 19 nitrogen and oxygen atoms in total. The number of carbonyl (C=O) groups is 7. The van der Waals surface area contributed by atoms with Crippen LogP contribution in [0.1, 0.15) is 94.6 Å². The number of nitrogens with one attached hydrogen (secondary N) is 3. The lowest BCUT2D eigenvalue weighted by atomic mass is 9.91. The van der Waals surface area contributed by atoms with Crippen molar-refractivity contribution >= 4 is 53.4 Å². The number of Topliss-reactive ketones (excluding diaryl/α,β-unsaturated/α-hetero) is 1. The molecule has 0 bridgehead atoms. The molecule has 2 aromatic carbocycles. The number of fused-ring (bicyclic) bond motifs is 4. The monoisotopic (exact) mass is 899 g/mol. The van der Waals surface area contributed by atoms with Crippen LogP contribution in [0.25, 0.3) is 11.1 Å². The lowest BCUT2D eigenvalue weighted by molar-refractivity contribution is -0.251. The third-order valence-electron chi connectivity index (χ3n) is 11.9. The summed E-state index contributed by atoms with van der Waals surface area (Å²) in [5, 5.41) is 31.6. The second kappa shape index (κ2) is 23.8. The van der Waals surface area contributed by atoms with Crippen LogP contribution < -0.4 is 32.5 Å². The van der Waals surface area contributed by atoms with Crippen molar-refractivity contribution in [2.45, 2.75) is 114 Å². The molecule has 2 aromatic rings. The van der Waals surface area contributed by atoms with Gasteiger partial charge in [0.2, 0.25) is 23.6 Å². The SMILES string of the molecule is COC(=O)[C@H](CC=CC[C@@H]1NC(=O)C2CCCN2C(=O)[C@@H](N=C([O-])OCC2c3ccccc3-c3ccccc32)CCCC[C@@H](C(=O)O)CC(=O)[C@H](CCCN=C(N)N)NC1=O)NC(C)=O. The Morgan fingerprint density at radius 2 is 1.60 bits per heavy atom. The highest BCUT2D eigenvalue weighted by atomic mass is 16.6. The maximum absolute atomic E-state index is 14.4. The maximum atomic E-state index is 14.4. The average Bonchev–Trinajstić information content (AvgIpc) is 3.90. The summed E-state index contributed by atoms with van der Waals surface area (Å²) in [4.78, 5) is 102. The second-order valence-corrected chi connectivity index (χ2v) is 16.4. The lowest BCUT2D eigenvalue weighted by Crippen LogP contribution is -2.56. The Hall–Kier alpha value is -6.79. The van der Waals surface area contributed by atoms with Crippen LogP contribution in [-0.2, 0) is 43.0 Å². The first kappa shape index (κ1) is 49.2. The number of guanidine groups is 1. The molecule has 1 unspecified atom stereocenters. The van der Waals surface area contributed by atoms with Crippen molar-refractivity contribution in [3.8, 4) is 11.1 Å². The Morgan fingerprint density at radius 3 is 2.25 bits per heavy atom. The summed E-state index contributed by atoms with van der Waals surface area (Å²) in [5.74, 6) is -6.57. The van der Waals surface area contributed by atoms with Gasteiger partial charge in [-0.05, 0) is 73.6 Å². The van der Waals surface area contributed by atoms with E-state index in [4.69, 9.17) is 20.9 Å². The molecule has 6 atom stereocenters. The van der Waals surface area contributed by atoms with Gasteiger partial charge < -0.3 is 52.0 Å². The average molecular weight is 900 g/mol. The van der Waals surface area contributed by atoms with Crippen LogP contribution in [0.5, 0.6) is 0 Å². The van der Waals surface area contributed by atoms with E-state index in [1.165, 1.54) is 31.1 Å². The summed E-state index contributed by atoms with van der Waals surface area (Å²) in [7, 11) is 1.17. The maximum Gasteiger partial charge on any atom is 0.328 e. The van der Waals surface area contributed by atoms with E-state index in [0.717, 1.165) is 22.3 Å². The minimum absolute atomic E-state index is 0.0174. The van der Waals surface area contributed by atoms with E-state index in [-0.39, 0.29) is 89.4 Å². The van der Waals surface area contributed by atoms with Crippen LogP contribution in [0.15, 0.2) is 70.7 Å². The molecule has 19 heteroatoms. The quantitative estimate of drug-likeness (QED) is 0.0511. The van der Waals surface area contributed by atoms with Crippen molar-refractivity contribution in [2.75, 3.05) is 26.8 Å². The summed E-state index contributed by atoms with van der Waals surface area (Å²) in [6.07, 6.45) is 3.02. The Balaban J connectivity index is 1.42. The van der Waals surface area contributed by atoms with Crippen LogP contribution in [0, 0.1) is 5.92 Å². The molecule has 8 N–H and O–H groups in total. The highest BCUT2D eigenvalue weighted by Crippen LogP contribution is 2.44. The number of aliphatic imine (C=N–C) groups is 2. The van der Waals surface area contributed by atoms with Crippen molar-refractivity contribution in [2.24, 2.45) is 27.4 Å². The second-order valence-electron chi connectivity index (χ2n) is 16.4. The highest BCUT2D eigenvalue weighted by molar-refractivity contribution is 5.96. The largest absolute Gasteiger partial charge is 0.599 e. The molecule has 2 saturated heterocycles. The highest BCUT2D eigenvalue weighted by Gasteiger charge is 2.39. The third kappa shape index (κ3) is 13.6. The normalized spacial score (nSPS) is 22.7. The fraction of sp³-hybridized carbons (Fsp3) is 0.500. The van der Waals surface area contributed by atoms with Gasteiger partial charge in [0.15, 0.2) is 11.7 Å². The number of nitrogens with two attached hydrogens (primary N) is 2. The summed E-state index contributed by atoms with van der Waals surface area (Å²) >= 11 is 0. The molecule has 2 aliphatic heterocycles. The van der Waals surface area contributed by atoms with Crippen LogP contribution in [0.2, 0.25) is 0 Å². The van der Waals surface area contributed by atoms with Gasteiger partial charge in [-0.25, -0.2) is 4.79 Å². The van der Waals surface area contributed by atoms with Gasteiger partial charge >= 0.3 is 11.9 Å². The van der Waals surface area contributed by atoms with Gasteiger partial charge in [0.05, 0.1) is 19.1 Å². The van der Waals surface area contributed by atoms with E-state index < -0.39 is 90.0 Å². The number of carbonyl (C=O) groups excluding carboxylic acids is 6. The third-order valence-corrected chi connectivity index (χ3v) is 11.9. The fourth-order valence-corrected chi connectivity index (χ4v) is 8.58. The Morgan fingerprint density at radius 1 is 0.938 bits per heavy atom. The smallest absolute Gasteiger partial charge is 0.328 e. The first-order chi connectivity index (χ1) is 31.2. The minimum atomic E-state index is -1.33. The van der Waals surface area contributed by atoms with Gasteiger partial charge in [-0.2, -0.15) is 0 Å². The fourth-order valence-electron chi connectivity index (χ4n) is 8.58. The molecule has 0 saturated carbocycles. The molecule has 2 fully saturated rings. The van der Waals surface area contributed by atoms with Crippen LogP contribution in [0.3, 0.4) is 0 Å². The predicted octanol–water partition coefficient (Wildman–Crippen LogP) is 1.16. The van der Waals surface area contributed by atoms with Gasteiger partial charge in [0, 0.05) is 39.0 Å². The van der Waals surface area contributed by atoms with Gasteiger partial charge in [-0.15, -0.1) is 0 Å². The zero-order valence-corrected chi connectivity index (χ0v) is 36.7. The number of hydrogen-bond donors (Lipinski definition) is 6. The zero-order chi connectivity index (χ0) is 47.0. The Bertz CT molecular complexity index is 2110. The molecule has 2 heterocycles. The predicted molar refractivity (Wildman–Crippen MR) is 237 cm³/mol. The number of aliphatic carboxylic acids is 1. The number of carboxylic acid groups (broad SMARTS) is 1. The minimum Gasteiger partial charge on any atom is -0.599 e. The number of benzene rings is 2. The summed E-state index contributed by atoms with van der Waals surface area (Å²) in [5.41, 5.74) is 15.0. The zero-order valence-electron chi connectivity index (χ0n) is 36.7. The number of hydrogen-bond acceptors (Lipinski definition) is 12. The molecule has 4 amide bonds. The number of carboxylic acids is 1. The van der Waals surface area contributed by atoms with Crippen LogP contribution in [-0.4, -0.2) is 120 Å². The molecular formula is C46H59N8O11-. The first-order valence-corrected chi connectivity index (χ1v) is 22.0. The van der Waals surface area contributed by atoms with Crippen molar-refractivity contribution in [1.82, 2.24) is 20.9 Å². The standard InChI is InChI=1S/C46H60N8O11/c1-27(55)50-37(44(62)64-2)20-10-9-18-35-40(57)51-34(21-11-23-49-45(47)48)39(56)25-28(43(60)61)13-3-8-19-36(42(59)54-24-12-22-38(54)41(58)52-35)53-46(63)65-26-33-31-16-6-4-14-29(31)30-15-5-7-17-32(30)33/h4-7,9-10,14-17,28,33-38H,3,8,11-13,18-26H2,1-2H3,(H,50,55)(H,51,57)(H,52,58)(H,53,63)(H,60,61)(H4,47,48,49)/p-1/t28-,34+,35+,36+,37+,38?/m1/s1. The van der Waals surface area contributed by atoms with E-state index in [9.17, 15) is 43.8 Å². The Labute approximate surface area is 377 Å². The van der Waals surface area contributed by atoms with Gasteiger partial charge in [0.25, 0.3) is 0 Å². The van der Waals surface area contributed by atoms with Gasteiger partial charge in [-0.1, -0.05) is 73.5 Å². The van der Waals surface area contributed by atoms with Crippen molar-refractivity contribution in [1.29, 1.82) is 0 Å². The molecule has 0 radical (unpaired) electrons. The van der Waals surface area contributed by atoms with Crippen molar-refractivity contribution in [3.63, 3.8) is 0 Å². The topological polar surface area (TPSA) is 297 Å². The lowest BCUT2D eigenvalue weighted by Gasteiger charge is -2.29. The number of nitrogens with zero attached hydrogens (tertiary/aromatic N) is 3. The number of methoxy groups -OCH3 is 1. The van der Waals surface area contributed by atoms with E-state index in [0.29, 0.717) is 6.42 Å². The molecule has 350 valence electrons. The number of amides is 4. The van der Waals surface area contributed by atoms with Gasteiger partial charge in [0.1, 0.15) is 30.3 Å². The number of ketones is 1. The van der Waals surface area contributed by atoms with E-state index in [2.05, 4.69) is 25.9 Å². The molecule has 65 heavy (non-hydrogen) atoms. The van der Waals surface area contributed by atoms with E-state index in [1.807, 2.05) is 48.5 Å². The molecule has 3 aliphatic rings. The summed E-state index contributed by atoms with van der Waals surface area (Å²) in [6, 6.07) is 9.81.